The molecule has 35 heavy (non-hydrogen) atoms. The van der Waals surface area contributed by atoms with E-state index in [0.29, 0.717) is 5.56 Å². The predicted molar refractivity (Wildman–Crippen MR) is 130 cm³/mol. The molecular weight excluding hydrogens is 473 g/mol. The fourth-order valence-electron chi connectivity index (χ4n) is 4.29. The van der Waals surface area contributed by atoms with Gasteiger partial charge in [-0.05, 0) is 43.7 Å². The summed E-state index contributed by atoms with van der Waals surface area (Å²) in [5.41, 5.74) is 1.08. The number of benzene rings is 2. The minimum Gasteiger partial charge on any atom is -0.396 e. The number of nitrogens with one attached hydrogen (secondary N) is 2. The second-order valence-corrected chi connectivity index (χ2v) is 9.56. The van der Waals surface area contributed by atoms with Crippen molar-refractivity contribution in [2.45, 2.75) is 45.3 Å². The molecule has 1 atom stereocenters. The molecule has 1 heterocycles. The van der Waals surface area contributed by atoms with Crippen LogP contribution in [0.3, 0.4) is 0 Å². The number of halogens is 2. The number of amides is 2. The Balaban J connectivity index is 1.49. The van der Waals surface area contributed by atoms with Gasteiger partial charge in [0.2, 0.25) is 11.8 Å². The first-order valence-electron chi connectivity index (χ1n) is 11.4. The number of Topliss-reactive ketones (excluding diaryl/α,β-unsaturated/α-hetero) is 1. The number of hydrogen-bond acceptors (Lipinski definition) is 4. The highest BCUT2D eigenvalue weighted by molar-refractivity contribution is 6.30. The minimum absolute atomic E-state index is 0.0392. The van der Waals surface area contributed by atoms with Crippen LogP contribution in [-0.4, -0.2) is 39.9 Å². The summed E-state index contributed by atoms with van der Waals surface area (Å²) in [5, 5.41) is 15.9. The highest BCUT2D eigenvalue weighted by Crippen LogP contribution is 2.49. The lowest BCUT2D eigenvalue weighted by molar-refractivity contribution is -0.130. The lowest BCUT2D eigenvalue weighted by atomic mass is 9.97. The van der Waals surface area contributed by atoms with Crippen LogP contribution < -0.4 is 10.6 Å². The van der Waals surface area contributed by atoms with Gasteiger partial charge < -0.3 is 20.3 Å². The fourth-order valence-corrected chi connectivity index (χ4v) is 4.48. The van der Waals surface area contributed by atoms with Crippen molar-refractivity contribution in [3.05, 3.63) is 70.6 Å². The van der Waals surface area contributed by atoms with Gasteiger partial charge in [-0.1, -0.05) is 41.9 Å². The number of nitrogens with zero attached hydrogens (tertiary/aromatic N) is 1. The molecule has 0 saturated heterocycles. The monoisotopic (exact) mass is 499 g/mol. The average molecular weight is 500 g/mol. The maximum absolute atomic E-state index is 14.2. The fraction of sp³-hybridized carbons (Fsp3) is 0.346. The maximum Gasteiger partial charge on any atom is 0.242 e. The zero-order valence-corrected chi connectivity index (χ0v) is 20.1. The number of rotatable bonds is 10. The molecule has 1 aliphatic carbocycles. The number of carbonyl (C=O) groups excluding carboxylic acids is 3. The van der Waals surface area contributed by atoms with Crippen molar-refractivity contribution < 1.29 is 23.9 Å². The summed E-state index contributed by atoms with van der Waals surface area (Å²) >= 11 is 5.82. The molecule has 1 fully saturated rings. The first-order valence-corrected chi connectivity index (χ1v) is 11.8. The van der Waals surface area contributed by atoms with E-state index in [1.807, 2.05) is 24.3 Å². The quantitative estimate of drug-likeness (QED) is 0.371. The molecule has 0 bridgehead atoms. The minimum atomic E-state index is -0.909. The summed E-state index contributed by atoms with van der Waals surface area (Å²) in [6.07, 6.45) is 3.43. The van der Waals surface area contributed by atoms with E-state index in [1.54, 1.807) is 16.8 Å². The first kappa shape index (κ1) is 24.9. The van der Waals surface area contributed by atoms with Crippen molar-refractivity contribution in [1.82, 2.24) is 15.2 Å². The van der Waals surface area contributed by atoms with Gasteiger partial charge in [0.15, 0.2) is 5.78 Å². The molecule has 0 radical (unpaired) electrons. The Morgan fingerprint density at radius 1 is 1.17 bits per heavy atom. The van der Waals surface area contributed by atoms with Crippen LogP contribution in [-0.2, 0) is 22.7 Å². The largest absolute Gasteiger partial charge is 0.396 e. The highest BCUT2D eigenvalue weighted by atomic mass is 35.5. The molecule has 0 unspecified atom stereocenters. The standard InChI is InChI=1S/C26H27ClFN3O4/c1-16(33)19-13-31(22-8-3-2-6-18(19)22)14-23(34)30-21(11-26(15-32)9-10-26)25(35)29-12-17-5-4-7-20(27)24(17)28/h2-8,13,21,32H,9-12,14-15H2,1H3,(H,29,35)(H,30,34)/t21-/m0/s1. The highest BCUT2D eigenvalue weighted by Gasteiger charge is 2.45. The van der Waals surface area contributed by atoms with Gasteiger partial charge in [0.1, 0.15) is 18.4 Å². The summed E-state index contributed by atoms with van der Waals surface area (Å²) in [6.45, 7) is 1.21. The molecule has 3 N–H and O–H groups in total. The number of hydrogen-bond donors (Lipinski definition) is 3. The number of fused-ring (bicyclic) bond motifs is 1. The normalized spacial score (nSPS) is 15.0. The second kappa shape index (κ2) is 10.2. The third kappa shape index (κ3) is 5.55. The van der Waals surface area contributed by atoms with Gasteiger partial charge in [-0.25, -0.2) is 4.39 Å². The lowest BCUT2D eigenvalue weighted by Crippen LogP contribution is -2.49. The number of aliphatic hydroxyl groups excluding tert-OH is 1. The van der Waals surface area contributed by atoms with Gasteiger partial charge in [0.05, 0.1) is 5.02 Å². The van der Waals surface area contributed by atoms with E-state index < -0.39 is 29.1 Å². The summed E-state index contributed by atoms with van der Waals surface area (Å²) < 4.78 is 15.9. The van der Waals surface area contributed by atoms with Gasteiger partial charge in [0.25, 0.3) is 0 Å². The molecule has 2 aromatic carbocycles. The average Bonchev–Trinajstić information content (AvgIpc) is 3.52. The Bertz CT molecular complexity index is 1280. The van der Waals surface area contributed by atoms with Crippen LogP contribution in [0.15, 0.2) is 48.7 Å². The summed E-state index contributed by atoms with van der Waals surface area (Å²) in [6, 6.07) is 10.9. The van der Waals surface area contributed by atoms with Crippen molar-refractivity contribution in [2.75, 3.05) is 6.61 Å². The first-order chi connectivity index (χ1) is 16.7. The van der Waals surface area contributed by atoms with Crippen molar-refractivity contribution in [1.29, 1.82) is 0 Å². The van der Waals surface area contributed by atoms with Gasteiger partial charge in [0, 0.05) is 41.4 Å². The molecule has 1 aliphatic rings. The Kier molecular flexibility index (Phi) is 7.23. The Morgan fingerprint density at radius 3 is 2.60 bits per heavy atom. The lowest BCUT2D eigenvalue weighted by Gasteiger charge is -2.23. The van der Waals surface area contributed by atoms with E-state index in [0.717, 1.165) is 23.7 Å². The van der Waals surface area contributed by atoms with Crippen LogP contribution in [0.2, 0.25) is 5.02 Å². The van der Waals surface area contributed by atoms with Crippen molar-refractivity contribution in [3.63, 3.8) is 0 Å². The Hall–Kier alpha value is -3.23. The number of carbonyl (C=O) groups is 3. The van der Waals surface area contributed by atoms with E-state index in [-0.39, 0.29) is 42.5 Å². The van der Waals surface area contributed by atoms with Crippen molar-refractivity contribution in [3.8, 4) is 0 Å². The molecule has 0 spiro atoms. The molecule has 184 valence electrons. The molecule has 1 aromatic heterocycles. The van der Waals surface area contributed by atoms with E-state index in [1.165, 1.54) is 19.1 Å². The van der Waals surface area contributed by atoms with E-state index in [4.69, 9.17) is 11.6 Å². The van der Waals surface area contributed by atoms with Crippen LogP contribution in [0.25, 0.3) is 10.9 Å². The van der Waals surface area contributed by atoms with Crippen molar-refractivity contribution in [2.24, 2.45) is 5.41 Å². The summed E-state index contributed by atoms with van der Waals surface area (Å²) in [4.78, 5) is 38.0. The molecule has 0 aliphatic heterocycles. The maximum atomic E-state index is 14.2. The predicted octanol–water partition coefficient (Wildman–Crippen LogP) is 3.60. The van der Waals surface area contributed by atoms with Crippen LogP contribution in [0.5, 0.6) is 0 Å². The molecule has 7 nitrogen and oxygen atoms in total. The number of para-hydroxylation sites is 1. The smallest absolute Gasteiger partial charge is 0.242 e. The Morgan fingerprint density at radius 2 is 1.91 bits per heavy atom. The summed E-state index contributed by atoms with van der Waals surface area (Å²) in [7, 11) is 0. The third-order valence-electron chi connectivity index (χ3n) is 6.55. The van der Waals surface area contributed by atoms with Crippen LogP contribution in [0, 0.1) is 11.2 Å². The zero-order chi connectivity index (χ0) is 25.2. The zero-order valence-electron chi connectivity index (χ0n) is 19.3. The van der Waals surface area contributed by atoms with E-state index in [9.17, 15) is 23.9 Å². The second-order valence-electron chi connectivity index (χ2n) is 9.16. The Labute approximate surface area is 207 Å². The number of aromatic nitrogens is 1. The van der Waals surface area contributed by atoms with E-state index >= 15 is 0 Å². The molecule has 1 saturated carbocycles. The van der Waals surface area contributed by atoms with Gasteiger partial charge in [-0.3, -0.25) is 14.4 Å². The van der Waals surface area contributed by atoms with Crippen LogP contribution >= 0.6 is 11.6 Å². The van der Waals surface area contributed by atoms with Crippen LogP contribution in [0.1, 0.15) is 42.1 Å². The van der Waals surface area contributed by atoms with E-state index in [2.05, 4.69) is 10.6 Å². The topological polar surface area (TPSA) is 100 Å². The van der Waals surface area contributed by atoms with Gasteiger partial charge >= 0.3 is 0 Å². The molecule has 3 aromatic rings. The number of aliphatic hydroxyl groups is 1. The van der Waals surface area contributed by atoms with Crippen LogP contribution in [0.4, 0.5) is 4.39 Å². The molecule has 2 amide bonds. The van der Waals surface area contributed by atoms with Gasteiger partial charge in [-0.2, -0.15) is 0 Å². The molecular formula is C26H27ClFN3O4. The number of ketones is 1. The third-order valence-corrected chi connectivity index (χ3v) is 6.84. The SMILES string of the molecule is CC(=O)c1cn(CC(=O)N[C@@H](CC2(CO)CC2)C(=O)NCc2cccc(Cl)c2F)c2ccccc12. The van der Waals surface area contributed by atoms with Gasteiger partial charge in [-0.15, -0.1) is 0 Å². The molecule has 4 rings (SSSR count). The van der Waals surface area contributed by atoms with Crippen molar-refractivity contribution >= 4 is 40.1 Å². The molecule has 9 heteroatoms. The summed E-state index contributed by atoms with van der Waals surface area (Å²) in [5.74, 6) is -1.60.